The third-order valence-corrected chi connectivity index (χ3v) is 8.85. The molecule has 0 bridgehead atoms. The van der Waals surface area contributed by atoms with Crippen LogP contribution in [-0.4, -0.2) is 44.3 Å². The summed E-state index contributed by atoms with van der Waals surface area (Å²) in [4.78, 5) is 28.3. The van der Waals surface area contributed by atoms with Crippen molar-refractivity contribution in [1.29, 1.82) is 0 Å². The topological polar surface area (TPSA) is 86.8 Å². The lowest BCUT2D eigenvalue weighted by molar-refractivity contribution is -0.139. The molecular formula is C29H33BrClN3O4S. The molecule has 3 rings (SSSR count). The summed E-state index contributed by atoms with van der Waals surface area (Å²) in [6.45, 7) is 7.29. The van der Waals surface area contributed by atoms with Crippen LogP contribution < -0.4 is 9.62 Å². The minimum Gasteiger partial charge on any atom is -0.354 e. The van der Waals surface area contributed by atoms with E-state index in [1.165, 1.54) is 23.1 Å². The number of sulfonamides is 1. The van der Waals surface area contributed by atoms with Gasteiger partial charge in [-0.05, 0) is 74.7 Å². The Kier molecular flexibility index (Phi) is 10.6. The number of aryl methyl sites for hydroxylation is 2. The number of carbonyl (C=O) groups is 2. The predicted octanol–water partition coefficient (Wildman–Crippen LogP) is 5.86. The van der Waals surface area contributed by atoms with E-state index in [4.69, 9.17) is 11.6 Å². The number of anilines is 1. The van der Waals surface area contributed by atoms with E-state index >= 15 is 0 Å². The molecule has 0 fully saturated rings. The summed E-state index contributed by atoms with van der Waals surface area (Å²) in [7, 11) is -4.16. The van der Waals surface area contributed by atoms with Gasteiger partial charge in [0.2, 0.25) is 11.8 Å². The van der Waals surface area contributed by atoms with E-state index < -0.39 is 28.5 Å². The summed E-state index contributed by atoms with van der Waals surface area (Å²) in [5, 5.41) is 3.17. The van der Waals surface area contributed by atoms with Gasteiger partial charge in [0.05, 0.1) is 10.6 Å². The number of halogens is 2. The molecule has 0 aliphatic rings. The molecule has 1 unspecified atom stereocenters. The lowest BCUT2D eigenvalue weighted by atomic mass is 10.1. The van der Waals surface area contributed by atoms with Crippen molar-refractivity contribution in [3.63, 3.8) is 0 Å². The largest absolute Gasteiger partial charge is 0.354 e. The Labute approximate surface area is 244 Å². The first-order valence-electron chi connectivity index (χ1n) is 12.6. The van der Waals surface area contributed by atoms with Crippen LogP contribution in [0.2, 0.25) is 5.02 Å². The minimum absolute atomic E-state index is 0.0495. The van der Waals surface area contributed by atoms with Crippen LogP contribution in [0.5, 0.6) is 0 Å². The number of hydrogen-bond acceptors (Lipinski definition) is 4. The van der Waals surface area contributed by atoms with Gasteiger partial charge in [0, 0.05) is 22.6 Å². The molecule has 0 spiro atoms. The molecule has 10 heteroatoms. The van der Waals surface area contributed by atoms with Gasteiger partial charge in [-0.15, -0.1) is 0 Å². The second kappa shape index (κ2) is 13.5. The third kappa shape index (κ3) is 7.84. The molecule has 0 heterocycles. The van der Waals surface area contributed by atoms with E-state index in [1.54, 1.807) is 38.1 Å². The Bertz CT molecular complexity index is 1410. The van der Waals surface area contributed by atoms with Gasteiger partial charge in [-0.1, -0.05) is 70.3 Å². The number of rotatable bonds is 11. The van der Waals surface area contributed by atoms with Gasteiger partial charge < -0.3 is 10.2 Å². The Balaban J connectivity index is 2.05. The van der Waals surface area contributed by atoms with Crippen LogP contribution in [0.3, 0.4) is 0 Å². The van der Waals surface area contributed by atoms with E-state index in [2.05, 4.69) is 21.2 Å². The molecule has 0 saturated heterocycles. The van der Waals surface area contributed by atoms with Crippen LogP contribution >= 0.6 is 27.5 Å². The van der Waals surface area contributed by atoms with E-state index in [0.29, 0.717) is 22.8 Å². The SMILES string of the molecule is CCCNC(=O)C(C)N(Cc1ccc(Br)cc1)C(=O)CN(c1cc(Cl)ccc1C)S(=O)(=O)c1ccc(C)cc1. The summed E-state index contributed by atoms with van der Waals surface area (Å²) in [5.74, 6) is -0.832. The van der Waals surface area contributed by atoms with Gasteiger partial charge in [0.1, 0.15) is 12.6 Å². The zero-order chi connectivity index (χ0) is 28.7. The average molecular weight is 635 g/mol. The van der Waals surface area contributed by atoms with Crippen LogP contribution in [0, 0.1) is 13.8 Å². The maximum atomic E-state index is 13.9. The van der Waals surface area contributed by atoms with Gasteiger partial charge in [0.25, 0.3) is 10.0 Å². The highest BCUT2D eigenvalue weighted by Gasteiger charge is 2.33. The maximum Gasteiger partial charge on any atom is 0.264 e. The maximum absolute atomic E-state index is 13.9. The van der Waals surface area contributed by atoms with Crippen molar-refractivity contribution in [1.82, 2.24) is 10.2 Å². The lowest BCUT2D eigenvalue weighted by Gasteiger charge is -2.32. The molecule has 0 aliphatic heterocycles. The Morgan fingerprint density at radius 3 is 2.26 bits per heavy atom. The molecule has 208 valence electrons. The summed E-state index contributed by atoms with van der Waals surface area (Å²) >= 11 is 9.68. The van der Waals surface area contributed by atoms with Crippen molar-refractivity contribution >= 4 is 55.1 Å². The third-order valence-electron chi connectivity index (χ3n) is 6.31. The fourth-order valence-corrected chi connectivity index (χ4v) is 5.87. The van der Waals surface area contributed by atoms with E-state index in [-0.39, 0.29) is 17.3 Å². The van der Waals surface area contributed by atoms with Gasteiger partial charge in [0.15, 0.2) is 0 Å². The average Bonchev–Trinajstić information content (AvgIpc) is 2.91. The summed E-state index contributed by atoms with van der Waals surface area (Å²) < 4.78 is 29.8. The Morgan fingerprint density at radius 1 is 1.00 bits per heavy atom. The van der Waals surface area contributed by atoms with E-state index in [1.807, 2.05) is 38.1 Å². The number of nitrogens with zero attached hydrogens (tertiary/aromatic N) is 2. The van der Waals surface area contributed by atoms with Crippen LogP contribution in [0.1, 0.15) is 37.0 Å². The Morgan fingerprint density at radius 2 is 1.64 bits per heavy atom. The van der Waals surface area contributed by atoms with E-state index in [0.717, 1.165) is 26.3 Å². The predicted molar refractivity (Wildman–Crippen MR) is 159 cm³/mol. The molecule has 3 aromatic rings. The molecule has 0 radical (unpaired) electrons. The fraction of sp³-hybridized carbons (Fsp3) is 0.310. The molecule has 1 N–H and O–H groups in total. The van der Waals surface area contributed by atoms with Crippen LogP contribution in [0.15, 0.2) is 76.1 Å². The Hall–Kier alpha value is -2.88. The van der Waals surface area contributed by atoms with Crippen LogP contribution in [-0.2, 0) is 26.2 Å². The monoisotopic (exact) mass is 633 g/mol. The number of amides is 2. The number of nitrogens with one attached hydrogen (secondary N) is 1. The lowest BCUT2D eigenvalue weighted by Crippen LogP contribution is -2.51. The second-order valence-corrected chi connectivity index (χ2v) is 12.6. The first kappa shape index (κ1) is 30.7. The zero-order valence-electron chi connectivity index (χ0n) is 22.4. The number of benzene rings is 3. The highest BCUT2D eigenvalue weighted by atomic mass is 79.9. The van der Waals surface area contributed by atoms with Gasteiger partial charge in [-0.25, -0.2) is 8.42 Å². The van der Waals surface area contributed by atoms with Crippen molar-refractivity contribution in [2.24, 2.45) is 0 Å². The van der Waals surface area contributed by atoms with Crippen molar-refractivity contribution < 1.29 is 18.0 Å². The molecule has 0 aliphatic carbocycles. The van der Waals surface area contributed by atoms with Crippen molar-refractivity contribution in [3.8, 4) is 0 Å². The number of hydrogen-bond donors (Lipinski definition) is 1. The smallest absolute Gasteiger partial charge is 0.264 e. The molecule has 0 aromatic heterocycles. The molecular weight excluding hydrogens is 602 g/mol. The quantitative estimate of drug-likeness (QED) is 0.286. The van der Waals surface area contributed by atoms with Crippen LogP contribution in [0.4, 0.5) is 5.69 Å². The van der Waals surface area contributed by atoms with Gasteiger partial charge in [-0.2, -0.15) is 0 Å². The summed E-state index contributed by atoms with van der Waals surface area (Å²) in [6.07, 6.45) is 0.746. The molecule has 2 amide bonds. The van der Waals surface area contributed by atoms with Gasteiger partial charge >= 0.3 is 0 Å². The highest BCUT2D eigenvalue weighted by Crippen LogP contribution is 2.30. The first-order valence-corrected chi connectivity index (χ1v) is 15.2. The standard InChI is InChI=1S/C29H33BrClN3O4S/c1-5-16-32-29(36)22(4)33(18-23-9-11-24(30)12-10-23)28(35)19-34(27-17-25(31)13-8-21(27)3)39(37,38)26-14-6-20(2)7-15-26/h6-15,17,22H,5,16,18-19H2,1-4H3,(H,32,36). The molecule has 0 saturated carbocycles. The van der Waals surface area contributed by atoms with E-state index in [9.17, 15) is 18.0 Å². The molecule has 3 aromatic carbocycles. The highest BCUT2D eigenvalue weighted by molar-refractivity contribution is 9.10. The number of carbonyl (C=O) groups excluding carboxylic acids is 2. The minimum atomic E-state index is -4.16. The normalized spacial score (nSPS) is 12.1. The fourth-order valence-electron chi connectivity index (χ4n) is 3.97. The van der Waals surface area contributed by atoms with Crippen molar-refractivity contribution in [2.75, 3.05) is 17.4 Å². The molecule has 39 heavy (non-hydrogen) atoms. The van der Waals surface area contributed by atoms with Crippen molar-refractivity contribution in [2.45, 2.75) is 51.6 Å². The summed E-state index contributed by atoms with van der Waals surface area (Å²) in [6, 6.07) is 17.9. The van der Waals surface area contributed by atoms with Crippen LogP contribution in [0.25, 0.3) is 0 Å². The molecule has 7 nitrogen and oxygen atoms in total. The van der Waals surface area contributed by atoms with Gasteiger partial charge in [-0.3, -0.25) is 13.9 Å². The first-order chi connectivity index (χ1) is 18.4. The summed E-state index contributed by atoms with van der Waals surface area (Å²) in [5.41, 5.74) is 2.64. The van der Waals surface area contributed by atoms with Crippen molar-refractivity contribution in [3.05, 3.63) is 92.9 Å². The molecule has 1 atom stereocenters. The second-order valence-electron chi connectivity index (χ2n) is 9.37. The zero-order valence-corrected chi connectivity index (χ0v) is 25.6.